The van der Waals surface area contributed by atoms with Crippen LogP contribution in [0.5, 0.6) is 0 Å². The number of halogens is 1. The fourth-order valence-electron chi connectivity index (χ4n) is 2.16. The minimum Gasteiger partial charge on any atom is -0.451 e. The van der Waals surface area contributed by atoms with E-state index in [0.717, 1.165) is 10.9 Å². The molecule has 4 nitrogen and oxygen atoms in total. The fourth-order valence-corrected chi connectivity index (χ4v) is 2.16. The molecule has 110 valence electrons. The summed E-state index contributed by atoms with van der Waals surface area (Å²) in [5, 5.41) is 4.75. The molecule has 0 atom stereocenters. The van der Waals surface area contributed by atoms with Gasteiger partial charge < -0.3 is 4.42 Å². The molecule has 5 heteroatoms. The van der Waals surface area contributed by atoms with E-state index in [1.165, 1.54) is 18.3 Å². The Hall–Kier alpha value is -2.95. The number of hydrogen-bond acceptors (Lipinski definition) is 3. The van der Waals surface area contributed by atoms with Crippen LogP contribution >= 0.6 is 0 Å². The second-order valence-electron chi connectivity index (χ2n) is 4.80. The average Bonchev–Trinajstić information content (AvgIpc) is 2.87. The van der Waals surface area contributed by atoms with E-state index in [9.17, 15) is 9.18 Å². The first-order valence-corrected chi connectivity index (χ1v) is 6.72. The van der Waals surface area contributed by atoms with E-state index >= 15 is 0 Å². The largest absolute Gasteiger partial charge is 0.451 e. The summed E-state index contributed by atoms with van der Waals surface area (Å²) in [5.74, 6) is -0.511. The highest BCUT2D eigenvalue weighted by Gasteiger charge is 2.16. The van der Waals surface area contributed by atoms with Crippen molar-refractivity contribution in [3.63, 3.8) is 0 Å². The maximum absolute atomic E-state index is 12.8. The number of carbonyl (C=O) groups is 1. The van der Waals surface area contributed by atoms with Gasteiger partial charge in [-0.2, -0.15) is 5.10 Å². The fraction of sp³-hybridized carbons (Fsp3) is 0.0588. The average molecular weight is 296 g/mol. The minimum atomic E-state index is -0.424. The molecule has 1 heterocycles. The molecule has 0 saturated heterocycles. The number of fused-ring (bicyclic) bond motifs is 1. The van der Waals surface area contributed by atoms with Gasteiger partial charge in [-0.15, -0.1) is 0 Å². The van der Waals surface area contributed by atoms with Crippen LogP contribution in [0, 0.1) is 12.7 Å². The van der Waals surface area contributed by atoms with E-state index in [0.29, 0.717) is 11.1 Å². The normalized spacial score (nSPS) is 11.2. The maximum Gasteiger partial charge on any atom is 0.307 e. The van der Waals surface area contributed by atoms with Crippen molar-refractivity contribution in [2.45, 2.75) is 6.92 Å². The molecule has 1 aromatic heterocycles. The van der Waals surface area contributed by atoms with Gasteiger partial charge in [0.15, 0.2) is 5.76 Å². The zero-order chi connectivity index (χ0) is 15.5. The van der Waals surface area contributed by atoms with E-state index in [1.54, 1.807) is 18.2 Å². The van der Waals surface area contributed by atoms with Crippen molar-refractivity contribution in [1.82, 2.24) is 5.43 Å². The van der Waals surface area contributed by atoms with Crippen molar-refractivity contribution in [3.05, 3.63) is 71.2 Å². The zero-order valence-corrected chi connectivity index (χ0v) is 11.8. The summed E-state index contributed by atoms with van der Waals surface area (Å²) in [6.07, 6.45) is 1.44. The van der Waals surface area contributed by atoms with E-state index in [2.05, 4.69) is 10.5 Å². The SMILES string of the molecule is Cc1c(C(=O)N/N=C\c2ccc(F)cc2)oc2ccccc12. The van der Waals surface area contributed by atoms with Gasteiger partial charge in [-0.3, -0.25) is 4.79 Å². The lowest BCUT2D eigenvalue weighted by Gasteiger charge is -1.97. The molecule has 0 radical (unpaired) electrons. The molecule has 0 spiro atoms. The number of benzene rings is 2. The molecule has 0 aliphatic heterocycles. The number of rotatable bonds is 3. The molecule has 0 fully saturated rings. The van der Waals surface area contributed by atoms with Crippen LogP contribution in [-0.4, -0.2) is 12.1 Å². The van der Waals surface area contributed by atoms with Gasteiger partial charge in [-0.25, -0.2) is 9.82 Å². The predicted octanol–water partition coefficient (Wildman–Crippen LogP) is 3.64. The molecule has 0 aliphatic carbocycles. The molecule has 0 aliphatic rings. The summed E-state index contributed by atoms with van der Waals surface area (Å²) in [4.78, 5) is 12.1. The second kappa shape index (κ2) is 5.81. The van der Waals surface area contributed by atoms with Crippen molar-refractivity contribution >= 4 is 23.1 Å². The smallest absolute Gasteiger partial charge is 0.307 e. The van der Waals surface area contributed by atoms with Crippen LogP contribution < -0.4 is 5.43 Å². The van der Waals surface area contributed by atoms with Gasteiger partial charge in [0.05, 0.1) is 6.21 Å². The summed E-state index contributed by atoms with van der Waals surface area (Å²) >= 11 is 0. The number of nitrogens with zero attached hydrogens (tertiary/aromatic N) is 1. The Labute approximate surface area is 126 Å². The summed E-state index contributed by atoms with van der Waals surface area (Å²) < 4.78 is 18.3. The Morgan fingerprint density at radius 3 is 2.64 bits per heavy atom. The van der Waals surface area contributed by atoms with Crippen molar-refractivity contribution in [2.75, 3.05) is 0 Å². The highest BCUT2D eigenvalue weighted by Crippen LogP contribution is 2.24. The molecule has 1 amide bonds. The number of amides is 1. The number of para-hydroxylation sites is 1. The Kier molecular flexibility index (Phi) is 3.70. The third-order valence-electron chi connectivity index (χ3n) is 3.30. The molecular formula is C17H13FN2O2. The summed E-state index contributed by atoms with van der Waals surface area (Å²) in [6, 6.07) is 13.2. The highest BCUT2D eigenvalue weighted by molar-refractivity contribution is 5.99. The monoisotopic (exact) mass is 296 g/mol. The Bertz CT molecular complexity index is 851. The topological polar surface area (TPSA) is 54.6 Å². The Balaban J connectivity index is 1.76. The standard InChI is InChI=1S/C17H13FN2O2/c1-11-14-4-2-3-5-15(14)22-16(11)17(21)20-19-10-12-6-8-13(18)9-7-12/h2-10H,1H3,(H,20,21)/b19-10-. The quantitative estimate of drug-likeness (QED) is 0.592. The van der Waals surface area contributed by atoms with Crippen molar-refractivity contribution in [3.8, 4) is 0 Å². The molecule has 0 unspecified atom stereocenters. The van der Waals surface area contributed by atoms with Gasteiger partial charge in [-0.1, -0.05) is 30.3 Å². The Morgan fingerprint density at radius 1 is 1.18 bits per heavy atom. The van der Waals surface area contributed by atoms with Crippen LogP contribution in [0.15, 0.2) is 58.0 Å². The van der Waals surface area contributed by atoms with Crippen LogP contribution in [0.25, 0.3) is 11.0 Å². The molecule has 3 aromatic rings. The first kappa shape index (κ1) is 14.0. The minimum absolute atomic E-state index is 0.234. The predicted molar refractivity (Wildman–Crippen MR) is 82.4 cm³/mol. The maximum atomic E-state index is 12.8. The molecule has 2 aromatic carbocycles. The molecule has 22 heavy (non-hydrogen) atoms. The van der Waals surface area contributed by atoms with Crippen LogP contribution in [0.1, 0.15) is 21.7 Å². The first-order valence-electron chi connectivity index (χ1n) is 6.72. The van der Waals surface area contributed by atoms with Gasteiger partial charge in [0, 0.05) is 10.9 Å². The lowest BCUT2D eigenvalue weighted by Crippen LogP contribution is -2.17. The van der Waals surface area contributed by atoms with Crippen LogP contribution in [-0.2, 0) is 0 Å². The summed E-state index contributed by atoms with van der Waals surface area (Å²) in [5.41, 5.74) is 4.52. The number of aryl methyl sites for hydroxylation is 1. The zero-order valence-electron chi connectivity index (χ0n) is 11.8. The molecule has 3 rings (SSSR count). The van der Waals surface area contributed by atoms with Gasteiger partial charge >= 0.3 is 5.91 Å². The van der Waals surface area contributed by atoms with Gasteiger partial charge in [0.1, 0.15) is 11.4 Å². The molecule has 0 bridgehead atoms. The third kappa shape index (κ3) is 2.74. The number of nitrogens with one attached hydrogen (secondary N) is 1. The van der Waals surface area contributed by atoms with E-state index < -0.39 is 5.91 Å². The van der Waals surface area contributed by atoms with Crippen LogP contribution in [0.2, 0.25) is 0 Å². The van der Waals surface area contributed by atoms with E-state index in [4.69, 9.17) is 4.42 Å². The number of hydrazone groups is 1. The van der Waals surface area contributed by atoms with Crippen LogP contribution in [0.4, 0.5) is 4.39 Å². The Morgan fingerprint density at radius 2 is 1.91 bits per heavy atom. The molecule has 0 saturated carbocycles. The number of furan rings is 1. The molecular weight excluding hydrogens is 283 g/mol. The van der Waals surface area contributed by atoms with E-state index in [-0.39, 0.29) is 11.6 Å². The number of carbonyl (C=O) groups excluding carboxylic acids is 1. The third-order valence-corrected chi connectivity index (χ3v) is 3.30. The molecule has 1 N–H and O–H groups in total. The summed E-state index contributed by atoms with van der Waals surface area (Å²) in [7, 11) is 0. The van der Waals surface area contributed by atoms with Crippen molar-refractivity contribution in [1.29, 1.82) is 0 Å². The lowest BCUT2D eigenvalue weighted by molar-refractivity contribution is 0.0929. The summed E-state index contributed by atoms with van der Waals surface area (Å²) in [6.45, 7) is 1.82. The second-order valence-corrected chi connectivity index (χ2v) is 4.80. The lowest BCUT2D eigenvalue weighted by atomic mass is 10.1. The highest BCUT2D eigenvalue weighted by atomic mass is 19.1. The van der Waals surface area contributed by atoms with Crippen molar-refractivity contribution < 1.29 is 13.6 Å². The number of hydrogen-bond donors (Lipinski definition) is 1. The van der Waals surface area contributed by atoms with E-state index in [1.807, 2.05) is 25.1 Å². The van der Waals surface area contributed by atoms with Gasteiger partial charge in [-0.05, 0) is 30.7 Å². The van der Waals surface area contributed by atoms with Gasteiger partial charge in [0.2, 0.25) is 0 Å². The van der Waals surface area contributed by atoms with Crippen LogP contribution in [0.3, 0.4) is 0 Å². The van der Waals surface area contributed by atoms with Crippen molar-refractivity contribution in [2.24, 2.45) is 5.10 Å². The van der Waals surface area contributed by atoms with Gasteiger partial charge in [0.25, 0.3) is 0 Å². The first-order chi connectivity index (χ1) is 10.6.